The summed E-state index contributed by atoms with van der Waals surface area (Å²) in [6, 6.07) is 45.2. The summed E-state index contributed by atoms with van der Waals surface area (Å²) in [6.45, 7) is 0. The van der Waals surface area contributed by atoms with E-state index < -0.39 is 5.41 Å². The average molecular weight is 453 g/mol. The van der Waals surface area contributed by atoms with Crippen molar-refractivity contribution in [1.29, 1.82) is 0 Å². The number of hydrogen-bond donors (Lipinski definition) is 2. The SMILES string of the molecule is Oc1ccc2cc(C(c3ccccc3)(c3ccccc3)c3ccc4cc(O)ccc4c3)ccc2c1. The molecule has 0 unspecified atom stereocenters. The Hall–Kier alpha value is -4.56. The molecule has 2 heteroatoms. The Morgan fingerprint density at radius 3 is 1.14 bits per heavy atom. The molecular formula is C33H24O2. The Balaban J connectivity index is 1.73. The molecule has 6 rings (SSSR count). The third-order valence-corrected chi connectivity index (χ3v) is 6.93. The number of hydrogen-bond acceptors (Lipinski definition) is 2. The molecule has 0 aliphatic rings. The van der Waals surface area contributed by atoms with Gasteiger partial charge < -0.3 is 10.2 Å². The van der Waals surface area contributed by atoms with Gasteiger partial charge in [-0.25, -0.2) is 0 Å². The van der Waals surface area contributed by atoms with E-state index in [-0.39, 0.29) is 11.5 Å². The highest BCUT2D eigenvalue weighted by Gasteiger charge is 2.38. The summed E-state index contributed by atoms with van der Waals surface area (Å²) in [5, 5.41) is 24.1. The Bertz CT molecular complexity index is 1530. The first kappa shape index (κ1) is 21.0. The van der Waals surface area contributed by atoms with Crippen molar-refractivity contribution in [1.82, 2.24) is 0 Å². The van der Waals surface area contributed by atoms with Crippen LogP contribution in [0.3, 0.4) is 0 Å². The molecule has 6 aromatic carbocycles. The number of rotatable bonds is 4. The first-order chi connectivity index (χ1) is 17.1. The predicted molar refractivity (Wildman–Crippen MR) is 143 cm³/mol. The van der Waals surface area contributed by atoms with Crippen molar-refractivity contribution >= 4 is 21.5 Å². The van der Waals surface area contributed by atoms with Crippen LogP contribution in [0, 0.1) is 0 Å². The maximum absolute atomic E-state index is 10.00. The third kappa shape index (κ3) is 3.51. The standard InChI is InChI=1S/C33H24O2/c34-31-17-13-23-19-29(15-11-25(23)21-31)33(27-7-3-1-4-8-27,28-9-5-2-6-10-28)30-16-12-26-22-32(35)18-14-24(26)20-30/h1-22,34-35H. The predicted octanol–water partition coefficient (Wildman–Crippen LogP) is 7.79. The minimum absolute atomic E-state index is 0.264. The van der Waals surface area contributed by atoms with Crippen LogP contribution in [-0.4, -0.2) is 10.2 Å². The van der Waals surface area contributed by atoms with Crippen molar-refractivity contribution in [2.45, 2.75) is 5.41 Å². The molecule has 0 atom stereocenters. The monoisotopic (exact) mass is 452 g/mol. The van der Waals surface area contributed by atoms with Crippen LogP contribution in [0.25, 0.3) is 21.5 Å². The van der Waals surface area contributed by atoms with Gasteiger partial charge in [-0.1, -0.05) is 97.1 Å². The molecule has 0 fully saturated rings. The lowest BCUT2D eigenvalue weighted by molar-refractivity contribution is 0.475. The van der Waals surface area contributed by atoms with Crippen molar-refractivity contribution in [3.8, 4) is 11.5 Å². The quantitative estimate of drug-likeness (QED) is 0.268. The van der Waals surface area contributed by atoms with Gasteiger partial charge in [0.15, 0.2) is 0 Å². The van der Waals surface area contributed by atoms with Crippen molar-refractivity contribution < 1.29 is 10.2 Å². The lowest BCUT2D eigenvalue weighted by atomic mass is 9.64. The summed E-state index contributed by atoms with van der Waals surface area (Å²) in [6.07, 6.45) is 0. The molecule has 6 aromatic rings. The van der Waals surface area contributed by atoms with Crippen LogP contribution in [0.2, 0.25) is 0 Å². The van der Waals surface area contributed by atoms with Crippen LogP contribution in [0.1, 0.15) is 22.3 Å². The zero-order valence-corrected chi connectivity index (χ0v) is 19.1. The molecule has 35 heavy (non-hydrogen) atoms. The van der Waals surface area contributed by atoms with Gasteiger partial charge in [-0.05, 0) is 80.2 Å². The Morgan fingerprint density at radius 1 is 0.343 bits per heavy atom. The van der Waals surface area contributed by atoms with Gasteiger partial charge in [0.1, 0.15) is 11.5 Å². The van der Waals surface area contributed by atoms with Crippen LogP contribution < -0.4 is 0 Å². The molecule has 0 saturated carbocycles. The van der Waals surface area contributed by atoms with Crippen molar-refractivity contribution in [2.24, 2.45) is 0 Å². The zero-order chi connectivity index (χ0) is 23.8. The van der Waals surface area contributed by atoms with Crippen molar-refractivity contribution in [3.63, 3.8) is 0 Å². The van der Waals surface area contributed by atoms with E-state index in [9.17, 15) is 10.2 Å². The van der Waals surface area contributed by atoms with E-state index >= 15 is 0 Å². The minimum atomic E-state index is -0.569. The highest BCUT2D eigenvalue weighted by Crippen LogP contribution is 2.46. The summed E-state index contributed by atoms with van der Waals surface area (Å²) >= 11 is 0. The second kappa shape index (κ2) is 8.34. The van der Waals surface area contributed by atoms with E-state index in [1.54, 1.807) is 24.3 Å². The summed E-state index contributed by atoms with van der Waals surface area (Å²) < 4.78 is 0. The molecule has 0 saturated heterocycles. The second-order valence-corrected chi connectivity index (χ2v) is 8.97. The normalized spacial score (nSPS) is 11.7. The highest BCUT2D eigenvalue weighted by atomic mass is 16.3. The molecule has 0 aliphatic heterocycles. The Morgan fingerprint density at radius 2 is 0.714 bits per heavy atom. The van der Waals surface area contributed by atoms with E-state index in [2.05, 4.69) is 84.9 Å². The van der Waals surface area contributed by atoms with Crippen LogP contribution in [-0.2, 0) is 5.41 Å². The van der Waals surface area contributed by atoms with E-state index in [0.717, 1.165) is 32.7 Å². The molecule has 0 amide bonds. The van der Waals surface area contributed by atoms with Gasteiger partial charge in [-0.15, -0.1) is 0 Å². The number of benzene rings is 6. The summed E-state index contributed by atoms with van der Waals surface area (Å²) in [4.78, 5) is 0. The fourth-order valence-corrected chi connectivity index (χ4v) is 5.31. The second-order valence-electron chi connectivity index (χ2n) is 8.97. The van der Waals surface area contributed by atoms with Crippen LogP contribution in [0.15, 0.2) is 133 Å². The van der Waals surface area contributed by atoms with Gasteiger partial charge in [-0.2, -0.15) is 0 Å². The van der Waals surface area contributed by atoms with Crippen LogP contribution in [0.5, 0.6) is 11.5 Å². The molecule has 0 bridgehead atoms. The smallest absolute Gasteiger partial charge is 0.116 e. The number of fused-ring (bicyclic) bond motifs is 2. The van der Waals surface area contributed by atoms with Gasteiger partial charge in [0.05, 0.1) is 5.41 Å². The van der Waals surface area contributed by atoms with Gasteiger partial charge >= 0.3 is 0 Å². The molecule has 2 N–H and O–H groups in total. The Labute approximate surface area is 204 Å². The molecule has 0 radical (unpaired) electrons. The van der Waals surface area contributed by atoms with Crippen molar-refractivity contribution in [2.75, 3.05) is 0 Å². The fourth-order valence-electron chi connectivity index (χ4n) is 5.31. The van der Waals surface area contributed by atoms with Gasteiger partial charge in [-0.3, -0.25) is 0 Å². The number of aromatic hydroxyl groups is 2. The molecule has 0 aromatic heterocycles. The summed E-state index contributed by atoms with van der Waals surface area (Å²) in [5.41, 5.74) is 4.06. The Kier molecular flexibility index (Phi) is 5.00. The maximum Gasteiger partial charge on any atom is 0.116 e. The maximum atomic E-state index is 10.00. The van der Waals surface area contributed by atoms with E-state index in [4.69, 9.17) is 0 Å². The average Bonchev–Trinajstić information content (AvgIpc) is 2.90. The largest absolute Gasteiger partial charge is 0.508 e. The topological polar surface area (TPSA) is 40.5 Å². The summed E-state index contributed by atoms with van der Waals surface area (Å²) in [5.74, 6) is 0.529. The molecular weight excluding hydrogens is 428 g/mol. The molecule has 168 valence electrons. The van der Waals surface area contributed by atoms with Crippen LogP contribution in [0.4, 0.5) is 0 Å². The minimum Gasteiger partial charge on any atom is -0.508 e. The number of phenols is 2. The van der Waals surface area contributed by atoms with E-state index in [1.807, 2.05) is 24.3 Å². The number of phenolic OH excluding ortho intramolecular Hbond substituents is 2. The molecule has 0 aliphatic carbocycles. The lowest BCUT2D eigenvalue weighted by Gasteiger charge is -2.37. The van der Waals surface area contributed by atoms with E-state index in [1.165, 1.54) is 11.1 Å². The molecule has 0 heterocycles. The van der Waals surface area contributed by atoms with Crippen molar-refractivity contribution in [3.05, 3.63) is 156 Å². The third-order valence-electron chi connectivity index (χ3n) is 6.93. The van der Waals surface area contributed by atoms with Gasteiger partial charge in [0, 0.05) is 0 Å². The molecule has 2 nitrogen and oxygen atoms in total. The van der Waals surface area contributed by atoms with Crippen LogP contribution >= 0.6 is 0 Å². The zero-order valence-electron chi connectivity index (χ0n) is 19.1. The fraction of sp³-hybridized carbons (Fsp3) is 0.0303. The first-order valence-corrected chi connectivity index (χ1v) is 11.7. The van der Waals surface area contributed by atoms with Gasteiger partial charge in [0.2, 0.25) is 0 Å². The van der Waals surface area contributed by atoms with Gasteiger partial charge in [0.25, 0.3) is 0 Å². The molecule has 0 spiro atoms. The lowest BCUT2D eigenvalue weighted by Crippen LogP contribution is -2.31. The highest BCUT2D eigenvalue weighted by molar-refractivity contribution is 5.87. The van der Waals surface area contributed by atoms with E-state index in [0.29, 0.717) is 0 Å². The summed E-state index contributed by atoms with van der Waals surface area (Å²) in [7, 11) is 0. The first-order valence-electron chi connectivity index (χ1n) is 11.7.